The van der Waals surface area contributed by atoms with Crippen molar-refractivity contribution in [3.63, 3.8) is 0 Å². The number of ether oxygens (including phenoxy) is 1. The van der Waals surface area contributed by atoms with E-state index in [0.717, 1.165) is 11.1 Å². The van der Waals surface area contributed by atoms with Gasteiger partial charge in [0.1, 0.15) is 0 Å². The van der Waals surface area contributed by atoms with Gasteiger partial charge in [-0.1, -0.05) is 31.2 Å². The molecule has 3 rings (SSSR count). The van der Waals surface area contributed by atoms with Gasteiger partial charge < -0.3 is 4.74 Å². The van der Waals surface area contributed by atoms with Crippen LogP contribution in [0.1, 0.15) is 18.1 Å². The van der Waals surface area contributed by atoms with Gasteiger partial charge in [0.15, 0.2) is 0 Å². The van der Waals surface area contributed by atoms with E-state index in [1.807, 2.05) is 31.2 Å². The molecule has 0 spiro atoms. The van der Waals surface area contributed by atoms with Gasteiger partial charge in [0.25, 0.3) is 0 Å². The topological polar surface area (TPSA) is 84.0 Å². The van der Waals surface area contributed by atoms with Crippen LogP contribution in [-0.4, -0.2) is 58.3 Å². The molecule has 1 aliphatic heterocycles. The Morgan fingerprint density at radius 3 is 2.10 bits per heavy atom. The zero-order chi connectivity index (χ0) is 21.1. The number of morpholine rings is 1. The highest BCUT2D eigenvalue weighted by Crippen LogP contribution is 2.23. The van der Waals surface area contributed by atoms with E-state index in [1.54, 1.807) is 6.92 Å². The number of rotatable bonds is 7. The van der Waals surface area contributed by atoms with E-state index in [9.17, 15) is 16.8 Å². The summed E-state index contributed by atoms with van der Waals surface area (Å²) >= 11 is 0. The maximum Gasteiger partial charge on any atom is 0.243 e. The first-order chi connectivity index (χ1) is 13.8. The van der Waals surface area contributed by atoms with Crippen LogP contribution in [0.3, 0.4) is 0 Å². The van der Waals surface area contributed by atoms with E-state index < -0.39 is 20.0 Å². The molecule has 0 N–H and O–H groups in total. The number of sulfonamides is 2. The van der Waals surface area contributed by atoms with Crippen LogP contribution in [0, 0.1) is 6.92 Å². The predicted molar refractivity (Wildman–Crippen MR) is 110 cm³/mol. The second-order valence-electron chi connectivity index (χ2n) is 6.85. The molecule has 0 atom stereocenters. The van der Waals surface area contributed by atoms with Crippen molar-refractivity contribution in [3.05, 3.63) is 59.7 Å². The van der Waals surface area contributed by atoms with Crippen LogP contribution >= 0.6 is 0 Å². The monoisotopic (exact) mass is 438 g/mol. The maximum atomic E-state index is 13.1. The fourth-order valence-electron chi connectivity index (χ4n) is 3.21. The van der Waals surface area contributed by atoms with E-state index in [-0.39, 0.29) is 16.3 Å². The lowest BCUT2D eigenvalue weighted by atomic mass is 10.1. The van der Waals surface area contributed by atoms with Gasteiger partial charge in [-0.3, -0.25) is 0 Å². The number of nitrogens with zero attached hydrogens (tertiary/aromatic N) is 2. The number of benzene rings is 2. The molecule has 158 valence electrons. The highest BCUT2D eigenvalue weighted by atomic mass is 32.2. The minimum Gasteiger partial charge on any atom is -0.379 e. The average molecular weight is 439 g/mol. The van der Waals surface area contributed by atoms with Gasteiger partial charge in [-0.25, -0.2) is 16.8 Å². The molecule has 1 heterocycles. The molecule has 0 saturated carbocycles. The highest BCUT2D eigenvalue weighted by Gasteiger charge is 2.28. The molecule has 7 nitrogen and oxygen atoms in total. The lowest BCUT2D eigenvalue weighted by molar-refractivity contribution is 0.0730. The fourth-order valence-corrected chi connectivity index (χ4v) is 6.05. The van der Waals surface area contributed by atoms with Gasteiger partial charge in [-0.2, -0.15) is 8.61 Å². The summed E-state index contributed by atoms with van der Waals surface area (Å²) in [5.41, 5.74) is 1.96. The van der Waals surface area contributed by atoms with Crippen LogP contribution in [0.2, 0.25) is 0 Å². The van der Waals surface area contributed by atoms with Crippen molar-refractivity contribution in [1.29, 1.82) is 0 Å². The Labute approximate surface area is 173 Å². The summed E-state index contributed by atoms with van der Waals surface area (Å²) in [4.78, 5) is 0.161. The molecule has 0 aromatic heterocycles. The molecule has 1 fully saturated rings. The second kappa shape index (κ2) is 8.93. The van der Waals surface area contributed by atoms with Crippen molar-refractivity contribution in [2.75, 3.05) is 32.8 Å². The van der Waals surface area contributed by atoms with E-state index in [1.165, 1.54) is 32.9 Å². The molecule has 9 heteroatoms. The Morgan fingerprint density at radius 1 is 0.931 bits per heavy atom. The smallest absolute Gasteiger partial charge is 0.243 e. The van der Waals surface area contributed by atoms with Crippen molar-refractivity contribution < 1.29 is 21.6 Å². The third kappa shape index (κ3) is 4.70. The largest absolute Gasteiger partial charge is 0.379 e. The summed E-state index contributed by atoms with van der Waals surface area (Å²) in [5.74, 6) is 0. The first-order valence-corrected chi connectivity index (χ1v) is 12.4. The quantitative estimate of drug-likeness (QED) is 0.662. The lowest BCUT2D eigenvalue weighted by Gasteiger charge is -2.26. The molecule has 0 bridgehead atoms. The number of aryl methyl sites for hydroxylation is 1. The van der Waals surface area contributed by atoms with Crippen molar-refractivity contribution in [3.8, 4) is 0 Å². The van der Waals surface area contributed by atoms with E-state index in [2.05, 4.69) is 0 Å². The van der Waals surface area contributed by atoms with E-state index >= 15 is 0 Å². The van der Waals surface area contributed by atoms with Gasteiger partial charge in [0.2, 0.25) is 20.0 Å². The minimum absolute atomic E-state index is 0.0776. The van der Waals surface area contributed by atoms with Crippen molar-refractivity contribution in [2.24, 2.45) is 0 Å². The Kier molecular flexibility index (Phi) is 6.75. The van der Waals surface area contributed by atoms with Crippen LogP contribution < -0.4 is 0 Å². The molecule has 1 aliphatic rings. The lowest BCUT2D eigenvalue weighted by Crippen LogP contribution is -2.40. The predicted octanol–water partition coefficient (Wildman–Crippen LogP) is 2.23. The van der Waals surface area contributed by atoms with Crippen LogP contribution in [0.4, 0.5) is 0 Å². The van der Waals surface area contributed by atoms with Crippen molar-refractivity contribution >= 4 is 20.0 Å². The van der Waals surface area contributed by atoms with Gasteiger partial charge in [-0.15, -0.1) is 0 Å². The third-order valence-corrected chi connectivity index (χ3v) is 8.88. The molecule has 0 radical (unpaired) electrons. The summed E-state index contributed by atoms with van der Waals surface area (Å²) in [6, 6.07) is 13.1. The zero-order valence-corrected chi connectivity index (χ0v) is 18.2. The van der Waals surface area contributed by atoms with E-state index in [0.29, 0.717) is 32.8 Å². The summed E-state index contributed by atoms with van der Waals surface area (Å²) in [5, 5.41) is 0. The highest BCUT2D eigenvalue weighted by molar-refractivity contribution is 7.89. The average Bonchev–Trinajstić information content (AvgIpc) is 2.73. The molecule has 2 aromatic carbocycles. The number of hydrogen-bond acceptors (Lipinski definition) is 5. The molecular formula is C20H26N2O5S2. The molecule has 0 aliphatic carbocycles. The van der Waals surface area contributed by atoms with Gasteiger partial charge >= 0.3 is 0 Å². The fraction of sp³-hybridized carbons (Fsp3) is 0.400. The molecule has 2 aromatic rings. The summed E-state index contributed by atoms with van der Waals surface area (Å²) in [6.07, 6.45) is 0. The van der Waals surface area contributed by atoms with Crippen LogP contribution in [0.15, 0.2) is 58.3 Å². The third-order valence-electron chi connectivity index (χ3n) is 5.03. The zero-order valence-electron chi connectivity index (χ0n) is 16.6. The molecule has 29 heavy (non-hydrogen) atoms. The summed E-state index contributed by atoms with van der Waals surface area (Å²) in [6.45, 7) is 5.61. The Morgan fingerprint density at radius 2 is 1.52 bits per heavy atom. The Hall–Kier alpha value is -1.78. The van der Waals surface area contributed by atoms with E-state index in [4.69, 9.17) is 4.74 Å². The van der Waals surface area contributed by atoms with Gasteiger partial charge in [0, 0.05) is 26.2 Å². The molecular weight excluding hydrogens is 412 g/mol. The van der Waals surface area contributed by atoms with Crippen LogP contribution in [-0.2, 0) is 31.3 Å². The Balaban J connectivity index is 1.84. The Bertz CT molecular complexity index is 1040. The maximum absolute atomic E-state index is 13.1. The van der Waals surface area contributed by atoms with Gasteiger partial charge in [-0.05, 0) is 42.3 Å². The second-order valence-corrected chi connectivity index (χ2v) is 10.7. The first kappa shape index (κ1) is 21.9. The molecule has 1 saturated heterocycles. The normalized spacial score (nSPS) is 16.2. The first-order valence-electron chi connectivity index (χ1n) is 9.49. The van der Waals surface area contributed by atoms with Crippen LogP contribution in [0.25, 0.3) is 0 Å². The summed E-state index contributed by atoms with van der Waals surface area (Å²) < 4.78 is 59.6. The molecule has 0 amide bonds. The van der Waals surface area contributed by atoms with Crippen molar-refractivity contribution in [2.45, 2.75) is 30.2 Å². The van der Waals surface area contributed by atoms with Crippen LogP contribution in [0.5, 0.6) is 0 Å². The minimum atomic E-state index is -3.75. The standard InChI is InChI=1S/C20H26N2O5S2/c1-3-21(16-18-7-5-4-6-17(18)2)28(23,24)19-8-10-20(11-9-19)29(25,26)22-12-14-27-15-13-22/h4-11H,3,12-16H2,1-2H3. The molecule has 0 unspecified atom stereocenters. The number of hydrogen-bond donors (Lipinski definition) is 0. The summed E-state index contributed by atoms with van der Waals surface area (Å²) in [7, 11) is -7.41. The SMILES string of the molecule is CCN(Cc1ccccc1C)S(=O)(=O)c1ccc(S(=O)(=O)N2CCOCC2)cc1. The van der Waals surface area contributed by atoms with Crippen molar-refractivity contribution in [1.82, 2.24) is 8.61 Å². The van der Waals surface area contributed by atoms with Gasteiger partial charge in [0.05, 0.1) is 23.0 Å².